The lowest BCUT2D eigenvalue weighted by atomic mass is 10.2. The smallest absolute Gasteiger partial charge is 0.285 e. The Morgan fingerprint density at radius 1 is 1.33 bits per heavy atom. The van der Waals surface area contributed by atoms with Crippen molar-refractivity contribution in [2.75, 3.05) is 0 Å². The van der Waals surface area contributed by atoms with E-state index in [1.165, 1.54) is 22.2 Å². The number of fused-ring (bicyclic) bond motifs is 1. The van der Waals surface area contributed by atoms with E-state index in [1.54, 1.807) is 4.90 Å². The van der Waals surface area contributed by atoms with Gasteiger partial charge in [-0.25, -0.2) is 0 Å². The van der Waals surface area contributed by atoms with E-state index in [0.29, 0.717) is 16.5 Å². The van der Waals surface area contributed by atoms with Gasteiger partial charge in [0, 0.05) is 12.6 Å². The molecule has 7 heteroatoms. The summed E-state index contributed by atoms with van der Waals surface area (Å²) in [4.78, 5) is 15.1. The number of carbonyl (C=O) groups is 1. The van der Waals surface area contributed by atoms with Crippen LogP contribution in [0.15, 0.2) is 36.7 Å². The van der Waals surface area contributed by atoms with Crippen molar-refractivity contribution >= 4 is 22.2 Å². The van der Waals surface area contributed by atoms with Gasteiger partial charge in [-0.05, 0) is 19.4 Å². The topological polar surface area (TPSA) is 63.4 Å². The summed E-state index contributed by atoms with van der Waals surface area (Å²) in [6.07, 6.45) is 1.50. The average molecular weight is 301 g/mol. The van der Waals surface area contributed by atoms with Gasteiger partial charge in [0.05, 0.1) is 0 Å². The molecule has 0 aliphatic rings. The monoisotopic (exact) mass is 301 g/mol. The Hall–Kier alpha value is -2.28. The van der Waals surface area contributed by atoms with Gasteiger partial charge in [0.2, 0.25) is 9.97 Å². The van der Waals surface area contributed by atoms with Crippen LogP contribution in [0.25, 0.3) is 4.96 Å². The predicted octanol–water partition coefficient (Wildman–Crippen LogP) is 2.24. The first-order valence-corrected chi connectivity index (χ1v) is 7.48. The van der Waals surface area contributed by atoms with Gasteiger partial charge in [0.1, 0.15) is 6.33 Å². The Balaban J connectivity index is 1.86. The second kappa shape index (κ2) is 5.61. The predicted molar refractivity (Wildman–Crippen MR) is 80.1 cm³/mol. The Kier molecular flexibility index (Phi) is 3.66. The fourth-order valence-electron chi connectivity index (χ4n) is 2.04. The van der Waals surface area contributed by atoms with Gasteiger partial charge in [-0.15, -0.1) is 15.3 Å². The van der Waals surface area contributed by atoms with Crippen molar-refractivity contribution in [2.45, 2.75) is 26.4 Å². The highest BCUT2D eigenvalue weighted by atomic mass is 32.1. The van der Waals surface area contributed by atoms with E-state index in [0.717, 1.165) is 5.56 Å². The summed E-state index contributed by atoms with van der Waals surface area (Å²) in [5.74, 6) is -0.0793. The van der Waals surface area contributed by atoms with Crippen molar-refractivity contribution < 1.29 is 4.79 Å². The molecule has 1 amide bonds. The number of benzene rings is 1. The minimum atomic E-state index is -0.0793. The summed E-state index contributed by atoms with van der Waals surface area (Å²) in [5.41, 5.74) is 1.10. The van der Waals surface area contributed by atoms with Crippen LogP contribution in [0.5, 0.6) is 0 Å². The fourth-order valence-corrected chi connectivity index (χ4v) is 2.81. The van der Waals surface area contributed by atoms with Crippen molar-refractivity contribution in [3.8, 4) is 0 Å². The number of hydrogen-bond donors (Lipinski definition) is 0. The lowest BCUT2D eigenvalue weighted by molar-refractivity contribution is 0.0688. The van der Waals surface area contributed by atoms with Gasteiger partial charge in [-0.1, -0.05) is 41.7 Å². The van der Waals surface area contributed by atoms with Crippen molar-refractivity contribution in [2.24, 2.45) is 0 Å². The van der Waals surface area contributed by atoms with E-state index in [2.05, 4.69) is 15.3 Å². The molecule has 0 radical (unpaired) electrons. The summed E-state index contributed by atoms with van der Waals surface area (Å²) in [5, 5.41) is 12.3. The Morgan fingerprint density at radius 2 is 2.10 bits per heavy atom. The molecule has 6 nitrogen and oxygen atoms in total. The molecule has 0 aliphatic heterocycles. The van der Waals surface area contributed by atoms with E-state index < -0.39 is 0 Å². The van der Waals surface area contributed by atoms with Crippen molar-refractivity contribution in [1.29, 1.82) is 0 Å². The third kappa shape index (κ3) is 2.78. The van der Waals surface area contributed by atoms with E-state index in [4.69, 9.17) is 0 Å². The van der Waals surface area contributed by atoms with Crippen molar-refractivity contribution in [1.82, 2.24) is 24.7 Å². The van der Waals surface area contributed by atoms with Gasteiger partial charge in [0.15, 0.2) is 0 Å². The number of carbonyl (C=O) groups excluding carboxylic acids is 1. The lowest BCUT2D eigenvalue weighted by Crippen LogP contribution is -2.36. The molecule has 3 aromatic rings. The number of hydrogen-bond acceptors (Lipinski definition) is 5. The number of rotatable bonds is 4. The number of amides is 1. The molecule has 0 atom stereocenters. The normalized spacial score (nSPS) is 11.2. The van der Waals surface area contributed by atoms with Crippen molar-refractivity contribution in [3.05, 3.63) is 47.2 Å². The van der Waals surface area contributed by atoms with Crippen LogP contribution in [0.2, 0.25) is 0 Å². The first-order valence-electron chi connectivity index (χ1n) is 6.67. The zero-order valence-electron chi connectivity index (χ0n) is 11.8. The summed E-state index contributed by atoms with van der Waals surface area (Å²) in [6, 6.07) is 10.0. The molecule has 0 bridgehead atoms. The van der Waals surface area contributed by atoms with Gasteiger partial charge in [0.25, 0.3) is 5.91 Å². The standard InChI is InChI=1S/C14H15N5OS/c1-10(2)18(8-11-6-4-3-5-7-11)13(20)12-17-19-9-15-16-14(19)21-12/h3-7,9-10H,8H2,1-2H3. The highest BCUT2D eigenvalue weighted by Crippen LogP contribution is 2.17. The second-order valence-electron chi connectivity index (χ2n) is 4.98. The Morgan fingerprint density at radius 3 is 2.76 bits per heavy atom. The van der Waals surface area contributed by atoms with Crippen LogP contribution in [0.3, 0.4) is 0 Å². The summed E-state index contributed by atoms with van der Waals surface area (Å²) < 4.78 is 1.53. The molecular weight excluding hydrogens is 286 g/mol. The molecule has 0 saturated carbocycles. The minimum Gasteiger partial charge on any atom is -0.330 e. The molecule has 0 saturated heterocycles. The maximum absolute atomic E-state index is 12.7. The molecule has 21 heavy (non-hydrogen) atoms. The summed E-state index contributed by atoms with van der Waals surface area (Å²) in [7, 11) is 0. The molecule has 108 valence electrons. The van der Waals surface area contributed by atoms with Gasteiger partial charge in [-0.2, -0.15) is 4.52 Å². The molecule has 0 spiro atoms. The van der Waals surface area contributed by atoms with Gasteiger partial charge >= 0.3 is 0 Å². The molecule has 3 rings (SSSR count). The first kappa shape index (κ1) is 13.7. The molecule has 0 fully saturated rings. The van der Waals surface area contributed by atoms with E-state index in [9.17, 15) is 4.79 Å². The van der Waals surface area contributed by atoms with Crippen LogP contribution < -0.4 is 0 Å². The highest BCUT2D eigenvalue weighted by molar-refractivity contribution is 7.18. The second-order valence-corrected chi connectivity index (χ2v) is 5.93. The first-order chi connectivity index (χ1) is 10.1. The summed E-state index contributed by atoms with van der Waals surface area (Å²) >= 11 is 1.26. The molecule has 1 aromatic carbocycles. The van der Waals surface area contributed by atoms with Crippen LogP contribution in [-0.4, -0.2) is 36.7 Å². The largest absolute Gasteiger partial charge is 0.330 e. The highest BCUT2D eigenvalue weighted by Gasteiger charge is 2.23. The van der Waals surface area contributed by atoms with Crippen molar-refractivity contribution in [3.63, 3.8) is 0 Å². The number of aromatic nitrogens is 4. The zero-order chi connectivity index (χ0) is 14.8. The van der Waals surface area contributed by atoms with E-state index in [-0.39, 0.29) is 11.9 Å². The summed E-state index contributed by atoms with van der Waals surface area (Å²) in [6.45, 7) is 4.57. The third-order valence-electron chi connectivity index (χ3n) is 3.15. The minimum absolute atomic E-state index is 0.0793. The Labute approximate surface area is 126 Å². The molecular formula is C14H15N5OS. The Bertz CT molecular complexity index is 720. The number of nitrogens with zero attached hydrogens (tertiary/aromatic N) is 5. The molecule has 0 aliphatic carbocycles. The SMILES string of the molecule is CC(C)N(Cc1ccccc1)C(=O)c1nn2cnnc2s1. The quantitative estimate of drug-likeness (QED) is 0.741. The van der Waals surface area contributed by atoms with Crippen LogP contribution in [0.1, 0.15) is 29.2 Å². The maximum atomic E-state index is 12.7. The average Bonchev–Trinajstić information content (AvgIpc) is 3.06. The van der Waals surface area contributed by atoms with Gasteiger partial charge < -0.3 is 4.90 Å². The van der Waals surface area contributed by atoms with E-state index in [1.807, 2.05) is 44.2 Å². The van der Waals surface area contributed by atoms with Gasteiger partial charge in [-0.3, -0.25) is 4.79 Å². The molecule has 2 heterocycles. The van der Waals surface area contributed by atoms with Crippen LogP contribution in [-0.2, 0) is 6.54 Å². The van der Waals surface area contributed by atoms with Crippen LogP contribution in [0, 0.1) is 0 Å². The third-order valence-corrected chi connectivity index (χ3v) is 4.05. The lowest BCUT2D eigenvalue weighted by Gasteiger charge is -2.25. The van der Waals surface area contributed by atoms with Crippen LogP contribution >= 0.6 is 11.3 Å². The maximum Gasteiger partial charge on any atom is 0.285 e. The fraction of sp³-hybridized carbons (Fsp3) is 0.286. The molecule has 2 aromatic heterocycles. The van der Waals surface area contributed by atoms with E-state index >= 15 is 0 Å². The zero-order valence-corrected chi connectivity index (χ0v) is 12.6. The van der Waals surface area contributed by atoms with Crippen LogP contribution in [0.4, 0.5) is 0 Å². The molecule has 0 N–H and O–H groups in total. The molecule has 0 unspecified atom stereocenters.